The second-order valence-corrected chi connectivity index (χ2v) is 8.74. The maximum atomic E-state index is 13.2. The van der Waals surface area contributed by atoms with Gasteiger partial charge in [0.2, 0.25) is 0 Å². The molecular weight excluding hydrogens is 390 g/mol. The molecule has 3 aromatic heterocycles. The molecule has 1 unspecified atom stereocenters. The van der Waals surface area contributed by atoms with Crippen molar-refractivity contribution < 1.29 is 4.79 Å². The number of aryl methyl sites for hydroxylation is 1. The molecule has 3 heterocycles. The zero-order chi connectivity index (χ0) is 19.8. The van der Waals surface area contributed by atoms with Gasteiger partial charge in [0.25, 0.3) is 5.56 Å². The number of aromatic nitrogens is 3. The van der Waals surface area contributed by atoms with Gasteiger partial charge in [-0.1, -0.05) is 36.0 Å². The maximum Gasteiger partial charge on any atom is 0.263 e. The number of benzene rings is 1. The van der Waals surface area contributed by atoms with E-state index < -0.39 is 5.25 Å². The van der Waals surface area contributed by atoms with E-state index in [4.69, 9.17) is 0 Å². The van der Waals surface area contributed by atoms with E-state index in [1.165, 1.54) is 23.1 Å². The number of allylic oxidation sites excluding steroid dienone is 1. The molecule has 0 aliphatic rings. The van der Waals surface area contributed by atoms with Crippen LogP contribution >= 0.6 is 23.1 Å². The molecule has 0 spiro atoms. The maximum absolute atomic E-state index is 13.2. The van der Waals surface area contributed by atoms with Crippen molar-refractivity contribution in [3.8, 4) is 0 Å². The Bertz CT molecular complexity index is 1270. The van der Waals surface area contributed by atoms with Crippen LogP contribution in [-0.2, 0) is 6.54 Å². The Kier molecular flexibility index (Phi) is 4.95. The number of nitrogens with zero attached hydrogens (tertiary/aromatic N) is 2. The molecule has 0 saturated carbocycles. The second kappa shape index (κ2) is 7.41. The van der Waals surface area contributed by atoms with E-state index in [0.29, 0.717) is 27.5 Å². The van der Waals surface area contributed by atoms with Crippen molar-refractivity contribution in [2.24, 2.45) is 0 Å². The van der Waals surface area contributed by atoms with Crippen LogP contribution < -0.4 is 5.56 Å². The fraction of sp³-hybridized carbons (Fsp3) is 0.190. The van der Waals surface area contributed by atoms with Crippen LogP contribution in [0.5, 0.6) is 0 Å². The van der Waals surface area contributed by atoms with Crippen molar-refractivity contribution >= 4 is 50.0 Å². The van der Waals surface area contributed by atoms with Crippen LogP contribution in [0, 0.1) is 6.92 Å². The SMILES string of the molecule is C=CCn1c(SC(C)C(=O)c2c(C)[nH]c3ccccc23)nc2sccc2c1=O. The lowest BCUT2D eigenvalue weighted by atomic mass is 10.1. The largest absolute Gasteiger partial charge is 0.358 e. The van der Waals surface area contributed by atoms with Crippen molar-refractivity contribution in [3.63, 3.8) is 0 Å². The minimum Gasteiger partial charge on any atom is -0.358 e. The smallest absolute Gasteiger partial charge is 0.263 e. The number of thioether (sulfide) groups is 1. The third-order valence-electron chi connectivity index (χ3n) is 4.65. The second-order valence-electron chi connectivity index (χ2n) is 6.53. The molecule has 5 nitrogen and oxygen atoms in total. The zero-order valence-corrected chi connectivity index (χ0v) is 17.2. The quantitative estimate of drug-likeness (QED) is 0.215. The van der Waals surface area contributed by atoms with Gasteiger partial charge in [0, 0.05) is 28.7 Å². The van der Waals surface area contributed by atoms with Crippen LogP contribution in [-0.4, -0.2) is 25.6 Å². The molecule has 0 radical (unpaired) electrons. The average molecular weight is 410 g/mol. The fourth-order valence-electron chi connectivity index (χ4n) is 3.32. The number of H-pyrrole nitrogens is 1. The van der Waals surface area contributed by atoms with Crippen LogP contribution in [0.15, 0.2) is 58.3 Å². The van der Waals surface area contributed by atoms with Crippen LogP contribution in [0.4, 0.5) is 0 Å². The minimum atomic E-state index is -0.390. The third kappa shape index (κ3) is 3.10. The lowest BCUT2D eigenvalue weighted by Crippen LogP contribution is -2.24. The molecule has 142 valence electrons. The summed E-state index contributed by atoms with van der Waals surface area (Å²) in [5, 5.41) is 3.53. The van der Waals surface area contributed by atoms with Gasteiger partial charge < -0.3 is 4.98 Å². The molecule has 1 atom stereocenters. The summed E-state index contributed by atoms with van der Waals surface area (Å²) in [4.78, 5) is 34.6. The van der Waals surface area contributed by atoms with Crippen molar-refractivity contribution in [1.29, 1.82) is 0 Å². The standard InChI is InChI=1S/C21H19N3O2S2/c1-4-10-24-20(26)15-9-11-27-19(15)23-21(24)28-13(3)18(25)17-12(2)22-16-8-6-5-7-14(16)17/h4-9,11,13,22H,1,10H2,2-3H3. The zero-order valence-electron chi connectivity index (χ0n) is 15.6. The Morgan fingerprint density at radius 1 is 1.36 bits per heavy atom. The number of hydrogen-bond donors (Lipinski definition) is 1. The van der Waals surface area contributed by atoms with E-state index in [2.05, 4.69) is 16.5 Å². The first-order valence-corrected chi connectivity index (χ1v) is 10.6. The number of nitrogens with one attached hydrogen (secondary N) is 1. The Morgan fingerprint density at radius 3 is 2.93 bits per heavy atom. The molecule has 28 heavy (non-hydrogen) atoms. The molecule has 4 aromatic rings. The summed E-state index contributed by atoms with van der Waals surface area (Å²) in [5.74, 6) is 0.0191. The van der Waals surface area contributed by atoms with Gasteiger partial charge in [-0.25, -0.2) is 4.98 Å². The van der Waals surface area contributed by atoms with Gasteiger partial charge in [-0.15, -0.1) is 17.9 Å². The molecule has 0 fully saturated rings. The van der Waals surface area contributed by atoms with E-state index in [1.54, 1.807) is 16.7 Å². The molecule has 7 heteroatoms. The average Bonchev–Trinajstić information content (AvgIpc) is 3.27. The number of ketones is 1. The summed E-state index contributed by atoms with van der Waals surface area (Å²) >= 11 is 2.74. The number of para-hydroxylation sites is 1. The minimum absolute atomic E-state index is 0.0191. The monoisotopic (exact) mass is 409 g/mol. The van der Waals surface area contributed by atoms with E-state index in [1.807, 2.05) is 43.5 Å². The lowest BCUT2D eigenvalue weighted by molar-refractivity contribution is 0.0995. The Balaban J connectivity index is 1.73. The van der Waals surface area contributed by atoms with E-state index >= 15 is 0 Å². The van der Waals surface area contributed by atoms with Gasteiger partial charge in [-0.3, -0.25) is 14.2 Å². The van der Waals surface area contributed by atoms with Crippen LogP contribution in [0.3, 0.4) is 0 Å². The number of hydrogen-bond acceptors (Lipinski definition) is 5. The van der Waals surface area contributed by atoms with Crippen molar-refractivity contribution in [2.75, 3.05) is 0 Å². The van der Waals surface area contributed by atoms with Crippen molar-refractivity contribution in [2.45, 2.75) is 30.8 Å². The molecule has 0 saturated heterocycles. The molecule has 0 amide bonds. The highest BCUT2D eigenvalue weighted by Crippen LogP contribution is 2.30. The summed E-state index contributed by atoms with van der Waals surface area (Å²) in [5.41, 5.74) is 2.40. The van der Waals surface area contributed by atoms with Crippen LogP contribution in [0.2, 0.25) is 0 Å². The topological polar surface area (TPSA) is 67.8 Å². The van der Waals surface area contributed by atoms with Crippen LogP contribution in [0.1, 0.15) is 23.0 Å². The first-order chi connectivity index (χ1) is 13.5. The fourth-order valence-corrected chi connectivity index (χ4v) is 5.10. The van der Waals surface area contributed by atoms with Gasteiger partial charge >= 0.3 is 0 Å². The number of thiophene rings is 1. The summed E-state index contributed by atoms with van der Waals surface area (Å²) < 4.78 is 1.58. The number of carbonyl (C=O) groups is 1. The molecule has 1 aromatic carbocycles. The van der Waals surface area contributed by atoms with E-state index in [9.17, 15) is 9.59 Å². The predicted octanol–water partition coefficient (Wildman–Crippen LogP) is 4.80. The Morgan fingerprint density at radius 2 is 2.14 bits per heavy atom. The van der Waals surface area contributed by atoms with Crippen molar-refractivity contribution in [1.82, 2.24) is 14.5 Å². The Hall–Kier alpha value is -2.64. The molecule has 4 rings (SSSR count). The lowest BCUT2D eigenvalue weighted by Gasteiger charge is -2.14. The van der Waals surface area contributed by atoms with E-state index in [-0.39, 0.29) is 11.3 Å². The molecule has 0 aliphatic carbocycles. The summed E-state index contributed by atoms with van der Waals surface area (Å²) in [6, 6.07) is 9.57. The first-order valence-electron chi connectivity index (χ1n) is 8.88. The number of aromatic amines is 1. The van der Waals surface area contributed by atoms with Gasteiger partial charge in [-0.2, -0.15) is 0 Å². The van der Waals surface area contributed by atoms with Gasteiger partial charge in [0.1, 0.15) is 4.83 Å². The summed E-state index contributed by atoms with van der Waals surface area (Å²) in [6.45, 7) is 7.86. The molecule has 1 N–H and O–H groups in total. The first kappa shape index (κ1) is 18.7. The van der Waals surface area contributed by atoms with Crippen LogP contribution in [0.25, 0.3) is 21.1 Å². The number of Topliss-reactive ketones (excluding diaryl/α,β-unsaturated/α-hetero) is 1. The normalized spacial score (nSPS) is 12.5. The highest BCUT2D eigenvalue weighted by atomic mass is 32.2. The van der Waals surface area contributed by atoms with Gasteiger partial charge in [-0.05, 0) is 31.4 Å². The number of carbonyl (C=O) groups excluding carboxylic acids is 1. The Labute approximate surface area is 170 Å². The van der Waals surface area contributed by atoms with Gasteiger partial charge in [0.15, 0.2) is 10.9 Å². The molecule has 0 aliphatic heterocycles. The number of rotatable bonds is 6. The van der Waals surface area contributed by atoms with Gasteiger partial charge in [0.05, 0.1) is 10.6 Å². The molecule has 0 bridgehead atoms. The van der Waals surface area contributed by atoms with E-state index in [0.717, 1.165) is 16.6 Å². The third-order valence-corrected chi connectivity index (χ3v) is 6.55. The molecular formula is C21H19N3O2S2. The predicted molar refractivity (Wildman–Crippen MR) is 117 cm³/mol. The number of fused-ring (bicyclic) bond motifs is 2. The summed E-state index contributed by atoms with van der Waals surface area (Å²) in [7, 11) is 0. The highest BCUT2D eigenvalue weighted by Gasteiger charge is 2.24. The highest BCUT2D eigenvalue weighted by molar-refractivity contribution is 8.00. The summed E-state index contributed by atoms with van der Waals surface area (Å²) in [6.07, 6.45) is 1.67. The van der Waals surface area contributed by atoms with Crippen molar-refractivity contribution in [3.05, 3.63) is 70.0 Å².